The molecule has 0 aromatic heterocycles. The molecule has 0 radical (unpaired) electrons. The number of nitriles is 1. The summed E-state index contributed by atoms with van der Waals surface area (Å²) in [4.78, 5) is 15.8. The molecule has 10 heteroatoms. The van der Waals surface area contributed by atoms with E-state index in [-0.39, 0.29) is 24.2 Å². The summed E-state index contributed by atoms with van der Waals surface area (Å²) in [7, 11) is 0. The number of hydrogen-bond acceptors (Lipinski definition) is 6. The number of aliphatic imine (C=N–C) groups is 1. The van der Waals surface area contributed by atoms with Gasteiger partial charge in [-0.3, -0.25) is 0 Å². The summed E-state index contributed by atoms with van der Waals surface area (Å²) < 4.78 is 24.7. The Morgan fingerprint density at radius 3 is 2.87 bits per heavy atom. The molecule has 0 saturated heterocycles. The van der Waals surface area contributed by atoms with Gasteiger partial charge in [-0.15, -0.1) is 4.99 Å². The summed E-state index contributed by atoms with van der Waals surface area (Å²) in [5.74, 6) is -0.202. The molecule has 1 aliphatic heterocycles. The standard InChI is InChI=1S/C21H17ClFN5O3/c1-2-10-30-21(29)26-18-12-28(20(25-13-24)31-15-6-4-3-5-7-15)27-19(18)14-8-9-16(22)17(23)11-14/h2-9,11,18H,1,10,12H2,(H,26,29)/b25-20+. The van der Waals surface area contributed by atoms with Gasteiger partial charge in [-0.05, 0) is 24.3 Å². The fraction of sp³-hybridized carbons (Fsp3) is 0.143. The van der Waals surface area contributed by atoms with Gasteiger partial charge in [0.2, 0.25) is 6.19 Å². The van der Waals surface area contributed by atoms with Gasteiger partial charge in [-0.25, -0.2) is 14.2 Å². The molecule has 0 saturated carbocycles. The Labute approximate surface area is 182 Å². The van der Waals surface area contributed by atoms with Gasteiger partial charge in [0.15, 0.2) is 0 Å². The number of carbonyl (C=O) groups excluding carboxylic acids is 1. The zero-order valence-corrected chi connectivity index (χ0v) is 16.9. The van der Waals surface area contributed by atoms with Gasteiger partial charge in [0.25, 0.3) is 0 Å². The molecule has 8 nitrogen and oxygen atoms in total. The van der Waals surface area contributed by atoms with Gasteiger partial charge in [0.05, 0.1) is 23.3 Å². The minimum absolute atomic E-state index is 0.0164. The van der Waals surface area contributed by atoms with E-state index in [4.69, 9.17) is 26.3 Å². The van der Waals surface area contributed by atoms with Crippen LogP contribution in [0.1, 0.15) is 5.56 Å². The third-order valence-corrected chi connectivity index (χ3v) is 4.38. The number of hydrogen-bond donors (Lipinski definition) is 1. The quantitative estimate of drug-likeness (QED) is 0.330. The fourth-order valence-corrected chi connectivity index (χ4v) is 2.86. The maximum Gasteiger partial charge on any atom is 0.408 e. The number of hydrazone groups is 1. The molecule has 0 spiro atoms. The highest BCUT2D eigenvalue weighted by molar-refractivity contribution is 6.30. The van der Waals surface area contributed by atoms with Crippen LogP contribution in [0.3, 0.4) is 0 Å². The van der Waals surface area contributed by atoms with Crippen molar-refractivity contribution < 1.29 is 18.7 Å². The van der Waals surface area contributed by atoms with E-state index in [0.29, 0.717) is 17.0 Å². The number of para-hydroxylation sites is 1. The first kappa shape index (κ1) is 21.8. The average molecular weight is 442 g/mol. The lowest BCUT2D eigenvalue weighted by Crippen LogP contribution is -2.44. The minimum Gasteiger partial charge on any atom is -0.445 e. The fourth-order valence-electron chi connectivity index (χ4n) is 2.74. The summed E-state index contributed by atoms with van der Waals surface area (Å²) in [6.45, 7) is 3.57. The SMILES string of the molecule is C=CCOC(=O)NC1CN(/C(=N\C#N)Oc2ccccc2)N=C1c1ccc(Cl)c(F)c1. The largest absolute Gasteiger partial charge is 0.445 e. The molecule has 0 aliphatic carbocycles. The van der Waals surface area contributed by atoms with Crippen LogP contribution < -0.4 is 10.1 Å². The van der Waals surface area contributed by atoms with Crippen LogP contribution in [0.4, 0.5) is 9.18 Å². The molecule has 2 aromatic carbocycles. The highest BCUT2D eigenvalue weighted by Crippen LogP contribution is 2.21. The first-order valence-electron chi connectivity index (χ1n) is 9.07. The van der Waals surface area contributed by atoms with Crippen LogP contribution in [0.15, 0.2) is 71.3 Å². The minimum atomic E-state index is -0.711. The van der Waals surface area contributed by atoms with Crippen molar-refractivity contribution in [3.05, 3.63) is 77.6 Å². The summed E-state index contributed by atoms with van der Waals surface area (Å²) in [5, 5.41) is 17.4. The molecule has 0 fully saturated rings. The van der Waals surface area contributed by atoms with E-state index >= 15 is 0 Å². The topological polar surface area (TPSA) is 99.3 Å². The molecule has 1 unspecified atom stereocenters. The molecule has 1 aliphatic rings. The Morgan fingerprint density at radius 2 is 2.19 bits per heavy atom. The summed E-state index contributed by atoms with van der Waals surface area (Å²) in [6.07, 6.45) is 2.39. The Balaban J connectivity index is 1.91. The Hall–Kier alpha value is -3.90. The molecule has 3 rings (SSSR count). The summed E-state index contributed by atoms with van der Waals surface area (Å²) in [6, 6.07) is 12.0. The zero-order chi connectivity index (χ0) is 22.2. The van der Waals surface area contributed by atoms with Crippen LogP contribution in [-0.2, 0) is 4.74 Å². The van der Waals surface area contributed by atoms with Crippen LogP contribution in [0.2, 0.25) is 5.02 Å². The lowest BCUT2D eigenvalue weighted by Gasteiger charge is -2.17. The number of nitrogens with zero attached hydrogens (tertiary/aromatic N) is 4. The smallest absolute Gasteiger partial charge is 0.408 e. The van der Waals surface area contributed by atoms with Crippen LogP contribution >= 0.6 is 11.6 Å². The second kappa shape index (κ2) is 10.2. The van der Waals surface area contributed by atoms with Crippen molar-refractivity contribution >= 4 is 29.4 Å². The number of nitrogens with one attached hydrogen (secondary N) is 1. The van der Waals surface area contributed by atoms with Gasteiger partial charge >= 0.3 is 12.1 Å². The molecule has 158 valence electrons. The van der Waals surface area contributed by atoms with Crippen LogP contribution in [0, 0.1) is 17.3 Å². The lowest BCUT2D eigenvalue weighted by atomic mass is 10.0. The van der Waals surface area contributed by atoms with Gasteiger partial charge in [0.1, 0.15) is 18.2 Å². The van der Waals surface area contributed by atoms with Crippen molar-refractivity contribution in [2.75, 3.05) is 13.2 Å². The number of ether oxygens (including phenoxy) is 2. The van der Waals surface area contributed by atoms with Crippen molar-refractivity contribution in [3.8, 4) is 11.9 Å². The van der Waals surface area contributed by atoms with Crippen LogP contribution in [-0.4, -0.2) is 42.0 Å². The van der Waals surface area contributed by atoms with Crippen molar-refractivity contribution in [2.24, 2.45) is 10.1 Å². The Kier molecular flexibility index (Phi) is 7.19. The predicted molar refractivity (Wildman–Crippen MR) is 113 cm³/mol. The van der Waals surface area contributed by atoms with E-state index in [0.717, 1.165) is 0 Å². The number of carbonyl (C=O) groups is 1. The van der Waals surface area contributed by atoms with Crippen molar-refractivity contribution in [3.63, 3.8) is 0 Å². The molecule has 0 bridgehead atoms. The van der Waals surface area contributed by atoms with Gasteiger partial charge in [-0.1, -0.05) is 48.5 Å². The maximum absolute atomic E-state index is 14.0. The maximum atomic E-state index is 14.0. The highest BCUT2D eigenvalue weighted by Gasteiger charge is 2.33. The van der Waals surface area contributed by atoms with E-state index in [1.54, 1.807) is 36.5 Å². The summed E-state index contributed by atoms with van der Waals surface area (Å²) >= 11 is 5.78. The van der Waals surface area contributed by atoms with Gasteiger partial charge < -0.3 is 14.8 Å². The Morgan fingerprint density at radius 1 is 1.42 bits per heavy atom. The normalized spacial score (nSPS) is 15.6. The molecular formula is C21H17ClFN5O3. The molecular weight excluding hydrogens is 425 g/mol. The third-order valence-electron chi connectivity index (χ3n) is 4.07. The molecule has 1 N–H and O–H groups in total. The van der Waals surface area contributed by atoms with Gasteiger partial charge in [0, 0.05) is 5.56 Å². The number of halogens is 2. The molecule has 2 aromatic rings. The van der Waals surface area contributed by atoms with E-state index < -0.39 is 18.0 Å². The summed E-state index contributed by atoms with van der Waals surface area (Å²) in [5.41, 5.74) is 0.697. The Bertz CT molecular complexity index is 1070. The number of alkyl carbamates (subject to hydrolysis) is 1. The van der Waals surface area contributed by atoms with E-state index in [1.165, 1.54) is 23.2 Å². The van der Waals surface area contributed by atoms with Crippen molar-refractivity contribution in [1.82, 2.24) is 10.3 Å². The van der Waals surface area contributed by atoms with Crippen LogP contribution in [0.5, 0.6) is 5.75 Å². The van der Waals surface area contributed by atoms with Crippen molar-refractivity contribution in [1.29, 1.82) is 5.26 Å². The zero-order valence-electron chi connectivity index (χ0n) is 16.2. The first-order valence-corrected chi connectivity index (χ1v) is 9.45. The second-order valence-electron chi connectivity index (χ2n) is 6.19. The van der Waals surface area contributed by atoms with Gasteiger partial charge in [-0.2, -0.15) is 10.4 Å². The van der Waals surface area contributed by atoms with Crippen LogP contribution in [0.25, 0.3) is 0 Å². The number of amidine groups is 1. The average Bonchev–Trinajstić information content (AvgIpc) is 3.18. The third kappa shape index (κ3) is 5.58. The first-order chi connectivity index (χ1) is 15.0. The molecule has 1 amide bonds. The molecule has 31 heavy (non-hydrogen) atoms. The second-order valence-corrected chi connectivity index (χ2v) is 6.60. The van der Waals surface area contributed by atoms with E-state index in [1.807, 2.05) is 6.07 Å². The van der Waals surface area contributed by atoms with E-state index in [9.17, 15) is 9.18 Å². The molecule has 1 atom stereocenters. The number of rotatable bonds is 5. The number of benzene rings is 2. The highest BCUT2D eigenvalue weighted by atomic mass is 35.5. The van der Waals surface area contributed by atoms with Crippen molar-refractivity contribution in [2.45, 2.75) is 6.04 Å². The number of amides is 1. The lowest BCUT2D eigenvalue weighted by molar-refractivity contribution is 0.156. The monoisotopic (exact) mass is 441 g/mol. The molecule has 1 heterocycles. The predicted octanol–water partition coefficient (Wildman–Crippen LogP) is 3.70. The van der Waals surface area contributed by atoms with E-state index in [2.05, 4.69) is 22.0 Å².